The van der Waals surface area contributed by atoms with Gasteiger partial charge in [-0.25, -0.2) is 17.9 Å². The minimum atomic E-state index is -3.61. The normalized spacial score (nSPS) is 13.8. The monoisotopic (exact) mass is 390 g/mol. The number of hydrogen-bond donors (Lipinski definition) is 3. The summed E-state index contributed by atoms with van der Waals surface area (Å²) < 4.78 is 27.0. The first-order valence-corrected chi connectivity index (χ1v) is 9.72. The van der Waals surface area contributed by atoms with Crippen LogP contribution >= 0.6 is 0 Å². The molecular weight excluding hydrogens is 372 g/mol. The highest BCUT2D eigenvalue weighted by atomic mass is 32.2. The number of urea groups is 1. The van der Waals surface area contributed by atoms with Gasteiger partial charge in [-0.15, -0.1) is 0 Å². The summed E-state index contributed by atoms with van der Waals surface area (Å²) >= 11 is 0. The summed E-state index contributed by atoms with van der Waals surface area (Å²) in [5.74, 6) is 0. The van der Waals surface area contributed by atoms with Gasteiger partial charge in [0.2, 0.25) is 10.0 Å². The largest absolute Gasteiger partial charge is 0.334 e. The Morgan fingerprint density at radius 3 is 2.59 bits per heavy atom. The molecule has 0 atom stereocenters. The third-order valence-electron chi connectivity index (χ3n) is 3.88. The highest BCUT2D eigenvalue weighted by Crippen LogP contribution is 2.23. The van der Waals surface area contributed by atoms with Gasteiger partial charge in [0.05, 0.1) is 9.82 Å². The standard InChI is InChI=1S/C17H18N4O5S/c22-17(18-11-12-3-1-5-15(9-12)21(23)24)19-14-4-2-6-16(10-14)27(25,26)20-13-7-8-13/h1-6,9-10,13,20H,7-8,11H2,(H2,18,19,22). The van der Waals surface area contributed by atoms with E-state index in [9.17, 15) is 23.3 Å². The average Bonchev–Trinajstić information content (AvgIpc) is 3.44. The molecule has 10 heteroatoms. The van der Waals surface area contributed by atoms with Crippen LogP contribution in [0.15, 0.2) is 53.4 Å². The lowest BCUT2D eigenvalue weighted by molar-refractivity contribution is -0.384. The second-order valence-electron chi connectivity index (χ2n) is 6.16. The molecule has 1 aliphatic carbocycles. The van der Waals surface area contributed by atoms with Gasteiger partial charge < -0.3 is 10.6 Å². The van der Waals surface area contributed by atoms with Gasteiger partial charge in [0.25, 0.3) is 5.69 Å². The van der Waals surface area contributed by atoms with Crippen LogP contribution in [0.5, 0.6) is 0 Å². The first-order valence-electron chi connectivity index (χ1n) is 8.24. The molecule has 1 fully saturated rings. The Kier molecular flexibility index (Phi) is 5.38. The number of benzene rings is 2. The van der Waals surface area contributed by atoms with E-state index in [2.05, 4.69) is 15.4 Å². The Morgan fingerprint density at radius 1 is 1.15 bits per heavy atom. The van der Waals surface area contributed by atoms with E-state index in [0.29, 0.717) is 11.3 Å². The van der Waals surface area contributed by atoms with E-state index in [-0.39, 0.29) is 23.2 Å². The van der Waals surface area contributed by atoms with Crippen LogP contribution in [0.4, 0.5) is 16.2 Å². The molecule has 142 valence electrons. The van der Waals surface area contributed by atoms with Crippen LogP contribution in [0.2, 0.25) is 0 Å². The van der Waals surface area contributed by atoms with Crippen LogP contribution in [0.3, 0.4) is 0 Å². The summed E-state index contributed by atoms with van der Waals surface area (Å²) in [6.07, 6.45) is 1.66. The van der Waals surface area contributed by atoms with Gasteiger partial charge in [0.15, 0.2) is 0 Å². The fourth-order valence-corrected chi connectivity index (χ4v) is 3.72. The van der Waals surface area contributed by atoms with Crippen LogP contribution in [0, 0.1) is 10.1 Å². The van der Waals surface area contributed by atoms with Crippen molar-refractivity contribution in [3.05, 3.63) is 64.2 Å². The number of anilines is 1. The number of nitrogens with zero attached hydrogens (tertiary/aromatic N) is 1. The van der Waals surface area contributed by atoms with Crippen molar-refractivity contribution in [2.75, 3.05) is 5.32 Å². The Hall–Kier alpha value is -2.98. The molecule has 0 bridgehead atoms. The van der Waals surface area contributed by atoms with Crippen molar-refractivity contribution in [3.63, 3.8) is 0 Å². The molecule has 0 radical (unpaired) electrons. The molecule has 27 heavy (non-hydrogen) atoms. The summed E-state index contributed by atoms with van der Waals surface area (Å²) in [6, 6.07) is 11.3. The fraction of sp³-hybridized carbons (Fsp3) is 0.235. The molecule has 3 rings (SSSR count). The molecule has 0 spiro atoms. The zero-order valence-corrected chi connectivity index (χ0v) is 15.0. The summed E-state index contributed by atoms with van der Waals surface area (Å²) in [5, 5.41) is 15.9. The SMILES string of the molecule is O=C(NCc1cccc([N+](=O)[O-])c1)Nc1cccc(S(=O)(=O)NC2CC2)c1. The number of nitro groups is 1. The molecule has 0 aliphatic heterocycles. The van der Waals surface area contributed by atoms with E-state index >= 15 is 0 Å². The first-order chi connectivity index (χ1) is 12.8. The molecule has 2 amide bonds. The van der Waals surface area contributed by atoms with Gasteiger partial charge in [-0.3, -0.25) is 10.1 Å². The molecule has 9 nitrogen and oxygen atoms in total. The predicted molar refractivity (Wildman–Crippen MR) is 98.7 cm³/mol. The first kappa shape index (κ1) is 18.8. The van der Waals surface area contributed by atoms with E-state index in [0.717, 1.165) is 12.8 Å². The number of non-ortho nitro benzene ring substituents is 1. The van der Waals surface area contributed by atoms with Crippen LogP contribution in [0.25, 0.3) is 0 Å². The topological polar surface area (TPSA) is 130 Å². The van der Waals surface area contributed by atoms with E-state index in [1.54, 1.807) is 12.1 Å². The molecule has 2 aromatic carbocycles. The Bertz CT molecular complexity index is 973. The fourth-order valence-electron chi connectivity index (χ4n) is 2.37. The maximum atomic E-state index is 12.2. The summed E-state index contributed by atoms with van der Waals surface area (Å²) in [4.78, 5) is 22.4. The number of carbonyl (C=O) groups is 1. The maximum absolute atomic E-state index is 12.2. The average molecular weight is 390 g/mol. The van der Waals surface area contributed by atoms with Crippen molar-refractivity contribution in [2.45, 2.75) is 30.3 Å². The molecule has 0 unspecified atom stereocenters. The molecule has 2 aromatic rings. The van der Waals surface area contributed by atoms with Crippen LogP contribution in [0.1, 0.15) is 18.4 Å². The molecule has 0 aromatic heterocycles. The zero-order chi connectivity index (χ0) is 19.4. The number of nitro benzene ring substituents is 1. The molecule has 1 aliphatic rings. The number of amides is 2. The molecule has 0 heterocycles. The minimum absolute atomic E-state index is 0.00940. The van der Waals surface area contributed by atoms with E-state index in [1.165, 1.54) is 36.4 Å². The Balaban J connectivity index is 1.60. The van der Waals surface area contributed by atoms with Crippen LogP contribution in [-0.2, 0) is 16.6 Å². The smallest absolute Gasteiger partial charge is 0.319 e. The van der Waals surface area contributed by atoms with Gasteiger partial charge in [-0.2, -0.15) is 0 Å². The summed E-state index contributed by atoms with van der Waals surface area (Å²) in [6.45, 7) is 0.0920. The minimum Gasteiger partial charge on any atom is -0.334 e. The van der Waals surface area contributed by atoms with E-state index in [1.807, 2.05) is 0 Å². The third-order valence-corrected chi connectivity index (χ3v) is 5.39. The molecular formula is C17H18N4O5S. The Labute approximate surface area is 156 Å². The number of nitrogens with one attached hydrogen (secondary N) is 3. The van der Waals surface area contributed by atoms with Gasteiger partial charge in [0.1, 0.15) is 0 Å². The van der Waals surface area contributed by atoms with Crippen molar-refractivity contribution in [1.29, 1.82) is 0 Å². The highest BCUT2D eigenvalue weighted by Gasteiger charge is 2.28. The third kappa shape index (κ3) is 5.25. The summed E-state index contributed by atoms with van der Waals surface area (Å²) in [5.41, 5.74) is 0.838. The molecule has 0 saturated heterocycles. The van der Waals surface area contributed by atoms with Crippen molar-refractivity contribution in [2.24, 2.45) is 0 Å². The summed E-state index contributed by atoms with van der Waals surface area (Å²) in [7, 11) is -3.61. The lowest BCUT2D eigenvalue weighted by Gasteiger charge is -2.10. The number of hydrogen-bond acceptors (Lipinski definition) is 5. The van der Waals surface area contributed by atoms with Crippen LogP contribution < -0.4 is 15.4 Å². The lowest BCUT2D eigenvalue weighted by atomic mass is 10.2. The lowest BCUT2D eigenvalue weighted by Crippen LogP contribution is -2.28. The number of rotatable bonds is 7. The van der Waals surface area contributed by atoms with Crippen molar-refractivity contribution in [3.8, 4) is 0 Å². The van der Waals surface area contributed by atoms with E-state index in [4.69, 9.17) is 0 Å². The van der Waals surface area contributed by atoms with Gasteiger partial charge in [-0.1, -0.05) is 18.2 Å². The van der Waals surface area contributed by atoms with Gasteiger partial charge >= 0.3 is 6.03 Å². The predicted octanol–water partition coefficient (Wildman–Crippen LogP) is 2.36. The van der Waals surface area contributed by atoms with Crippen LogP contribution in [-0.4, -0.2) is 25.4 Å². The molecule has 3 N–H and O–H groups in total. The van der Waals surface area contributed by atoms with Crippen molar-refractivity contribution >= 4 is 27.4 Å². The van der Waals surface area contributed by atoms with Gasteiger partial charge in [0, 0.05) is 30.4 Å². The quantitative estimate of drug-likeness (QED) is 0.493. The Morgan fingerprint density at radius 2 is 1.89 bits per heavy atom. The number of sulfonamides is 1. The maximum Gasteiger partial charge on any atom is 0.319 e. The second-order valence-corrected chi connectivity index (χ2v) is 7.87. The molecule has 1 saturated carbocycles. The highest BCUT2D eigenvalue weighted by molar-refractivity contribution is 7.89. The number of carbonyl (C=O) groups excluding carboxylic acids is 1. The van der Waals surface area contributed by atoms with E-state index < -0.39 is 21.0 Å². The van der Waals surface area contributed by atoms with Crippen molar-refractivity contribution < 1.29 is 18.1 Å². The van der Waals surface area contributed by atoms with Crippen molar-refractivity contribution in [1.82, 2.24) is 10.0 Å². The second kappa shape index (κ2) is 7.72. The zero-order valence-electron chi connectivity index (χ0n) is 14.2. The van der Waals surface area contributed by atoms with Gasteiger partial charge in [-0.05, 0) is 36.6 Å².